The van der Waals surface area contributed by atoms with Gasteiger partial charge in [0.05, 0.1) is 5.56 Å². The Bertz CT molecular complexity index is 1430. The molecule has 2 N–H and O–H groups in total. The molecule has 2 aromatic carbocycles. The van der Waals surface area contributed by atoms with Gasteiger partial charge in [-0.2, -0.15) is 5.26 Å². The summed E-state index contributed by atoms with van der Waals surface area (Å²) in [5.41, 5.74) is 8.19. The minimum atomic E-state index is -0.903. The quantitative estimate of drug-likeness (QED) is 0.343. The van der Waals surface area contributed by atoms with E-state index in [1.165, 1.54) is 10.5 Å². The Kier molecular flexibility index (Phi) is 6.51. The van der Waals surface area contributed by atoms with Crippen LogP contribution in [0.5, 0.6) is 0 Å². The van der Waals surface area contributed by atoms with E-state index in [4.69, 9.17) is 10.7 Å². The third-order valence-corrected chi connectivity index (χ3v) is 5.47. The molecule has 0 spiro atoms. The lowest BCUT2D eigenvalue weighted by Crippen LogP contribution is -2.29. The molecule has 7 nitrogen and oxygen atoms in total. The van der Waals surface area contributed by atoms with E-state index < -0.39 is 5.91 Å². The maximum Gasteiger partial charge on any atom is 0.267 e. The van der Waals surface area contributed by atoms with Crippen LogP contribution in [0.25, 0.3) is 11.7 Å². The second-order valence-corrected chi connectivity index (χ2v) is 7.90. The van der Waals surface area contributed by atoms with Gasteiger partial charge in [0.25, 0.3) is 11.5 Å². The number of fused-ring (bicyclic) bond motifs is 1. The molecule has 4 aromatic rings. The van der Waals surface area contributed by atoms with Crippen LogP contribution in [0.2, 0.25) is 0 Å². The third kappa shape index (κ3) is 4.71. The first kappa shape index (κ1) is 22.5. The summed E-state index contributed by atoms with van der Waals surface area (Å²) in [6, 6.07) is 25.1. The van der Waals surface area contributed by atoms with Gasteiger partial charge in [0, 0.05) is 19.3 Å². The Morgan fingerprint density at radius 2 is 1.62 bits per heavy atom. The molecule has 0 bridgehead atoms. The number of nitriles is 1. The maximum absolute atomic E-state index is 13.6. The average molecular weight is 450 g/mol. The number of primary amides is 1. The van der Waals surface area contributed by atoms with Crippen molar-refractivity contribution in [2.45, 2.75) is 20.0 Å². The first-order valence-corrected chi connectivity index (χ1v) is 10.7. The van der Waals surface area contributed by atoms with Crippen LogP contribution in [0.15, 0.2) is 89.4 Å². The number of aromatic nitrogens is 2. The van der Waals surface area contributed by atoms with Crippen LogP contribution in [-0.4, -0.2) is 15.3 Å². The average Bonchev–Trinajstić information content (AvgIpc) is 2.84. The van der Waals surface area contributed by atoms with Gasteiger partial charge in [-0.05, 0) is 35.8 Å². The van der Waals surface area contributed by atoms with Crippen LogP contribution in [-0.2, 0) is 17.9 Å². The Hall–Kier alpha value is -4.70. The Morgan fingerprint density at radius 1 is 1.03 bits per heavy atom. The monoisotopic (exact) mass is 449 g/mol. The van der Waals surface area contributed by atoms with Crippen LogP contribution < -0.4 is 16.2 Å². The normalized spacial score (nSPS) is 11.2. The van der Waals surface area contributed by atoms with Crippen LogP contribution in [0.4, 0.5) is 5.82 Å². The molecule has 2 heterocycles. The van der Waals surface area contributed by atoms with Gasteiger partial charge in [-0.1, -0.05) is 66.7 Å². The van der Waals surface area contributed by atoms with Crippen molar-refractivity contribution in [2.75, 3.05) is 4.90 Å². The fourth-order valence-corrected chi connectivity index (χ4v) is 3.78. The smallest absolute Gasteiger partial charge is 0.267 e. The molecule has 34 heavy (non-hydrogen) atoms. The topological polar surface area (TPSA) is 104 Å². The van der Waals surface area contributed by atoms with Gasteiger partial charge >= 0.3 is 0 Å². The predicted octanol–water partition coefficient (Wildman–Crippen LogP) is 3.60. The lowest BCUT2D eigenvalue weighted by molar-refractivity contribution is -0.114. The number of nitrogens with zero attached hydrogens (tertiary/aromatic N) is 4. The molecule has 0 unspecified atom stereocenters. The van der Waals surface area contributed by atoms with Crippen LogP contribution in [0.3, 0.4) is 0 Å². The molecule has 0 saturated heterocycles. The molecular formula is C27H23N5O2. The van der Waals surface area contributed by atoms with Gasteiger partial charge in [-0.25, -0.2) is 4.98 Å². The minimum Gasteiger partial charge on any atom is -0.365 e. The minimum absolute atomic E-state index is 0.130. The molecule has 0 radical (unpaired) electrons. The zero-order valence-electron chi connectivity index (χ0n) is 18.7. The fraction of sp³-hybridized carbons (Fsp3) is 0.111. The number of pyridine rings is 1. The molecule has 0 aliphatic carbocycles. The predicted molar refractivity (Wildman–Crippen MR) is 132 cm³/mol. The van der Waals surface area contributed by atoms with Crippen molar-refractivity contribution in [1.82, 2.24) is 9.38 Å². The second-order valence-electron chi connectivity index (χ2n) is 7.90. The number of rotatable bonds is 7. The lowest BCUT2D eigenvalue weighted by Gasteiger charge is -2.26. The summed E-state index contributed by atoms with van der Waals surface area (Å²) < 4.78 is 1.42. The summed E-state index contributed by atoms with van der Waals surface area (Å²) in [6.45, 7) is 2.80. The summed E-state index contributed by atoms with van der Waals surface area (Å²) in [4.78, 5) is 32.2. The number of nitrogens with two attached hydrogens (primary N) is 1. The highest BCUT2D eigenvalue weighted by molar-refractivity contribution is 6.01. The number of carbonyl (C=O) groups is 1. The summed E-state index contributed by atoms with van der Waals surface area (Å²) in [7, 11) is 0. The van der Waals surface area contributed by atoms with Gasteiger partial charge in [0.1, 0.15) is 23.1 Å². The van der Waals surface area contributed by atoms with Gasteiger partial charge in [0.2, 0.25) is 0 Å². The highest BCUT2D eigenvalue weighted by Crippen LogP contribution is 2.24. The van der Waals surface area contributed by atoms with E-state index in [1.807, 2.05) is 78.6 Å². The lowest BCUT2D eigenvalue weighted by atomic mass is 10.1. The number of benzene rings is 2. The van der Waals surface area contributed by atoms with E-state index in [2.05, 4.69) is 0 Å². The largest absolute Gasteiger partial charge is 0.365 e. The maximum atomic E-state index is 13.6. The summed E-state index contributed by atoms with van der Waals surface area (Å²) in [6.07, 6.45) is 2.86. The van der Waals surface area contributed by atoms with Crippen LogP contribution >= 0.6 is 0 Å². The standard InChI is InChI=1S/C27H23N5O2/c1-19-9-8-14-32-25(19)30-26(23(27(32)34)15-22(16-28)24(29)33)31(17-20-10-4-2-5-11-20)18-21-12-6-3-7-13-21/h2-15H,17-18H2,1H3,(H2,29,33). The molecule has 0 fully saturated rings. The summed E-state index contributed by atoms with van der Waals surface area (Å²) in [5, 5.41) is 9.44. The number of hydrogen-bond donors (Lipinski definition) is 1. The van der Waals surface area contributed by atoms with E-state index in [1.54, 1.807) is 18.3 Å². The van der Waals surface area contributed by atoms with Crippen molar-refractivity contribution in [3.05, 3.63) is 117 Å². The molecule has 0 aliphatic heterocycles. The molecule has 0 atom stereocenters. The van der Waals surface area contributed by atoms with Crippen molar-refractivity contribution < 1.29 is 4.79 Å². The highest BCUT2D eigenvalue weighted by Gasteiger charge is 2.20. The zero-order chi connectivity index (χ0) is 24.1. The molecule has 7 heteroatoms. The molecule has 2 aromatic heterocycles. The van der Waals surface area contributed by atoms with E-state index in [0.29, 0.717) is 24.6 Å². The first-order valence-electron chi connectivity index (χ1n) is 10.7. The third-order valence-electron chi connectivity index (χ3n) is 5.47. The Morgan fingerprint density at radius 3 is 2.15 bits per heavy atom. The first-order chi connectivity index (χ1) is 16.5. The van der Waals surface area contributed by atoms with Crippen LogP contribution in [0, 0.1) is 18.3 Å². The number of hydrogen-bond acceptors (Lipinski definition) is 5. The van der Waals surface area contributed by atoms with Crippen molar-refractivity contribution in [1.29, 1.82) is 5.26 Å². The molecule has 0 aliphatic rings. The van der Waals surface area contributed by atoms with Gasteiger partial charge in [0.15, 0.2) is 0 Å². The van der Waals surface area contributed by atoms with E-state index in [-0.39, 0.29) is 16.7 Å². The number of carbonyl (C=O) groups excluding carboxylic acids is 1. The molecule has 168 valence electrons. The summed E-state index contributed by atoms with van der Waals surface area (Å²) >= 11 is 0. The molecule has 1 amide bonds. The number of anilines is 1. The molecule has 4 rings (SSSR count). The van der Waals surface area contributed by atoms with Crippen molar-refractivity contribution in [3.63, 3.8) is 0 Å². The van der Waals surface area contributed by atoms with Gasteiger partial charge < -0.3 is 10.6 Å². The van der Waals surface area contributed by atoms with Crippen molar-refractivity contribution >= 4 is 23.4 Å². The SMILES string of the molecule is Cc1cccn2c(=O)c(C=C(C#N)C(N)=O)c(N(Cc3ccccc3)Cc3ccccc3)nc12. The fourth-order valence-electron chi connectivity index (χ4n) is 3.78. The van der Waals surface area contributed by atoms with Crippen molar-refractivity contribution in [2.24, 2.45) is 5.73 Å². The van der Waals surface area contributed by atoms with Gasteiger partial charge in [-0.15, -0.1) is 0 Å². The van der Waals surface area contributed by atoms with E-state index in [9.17, 15) is 14.9 Å². The second kappa shape index (κ2) is 9.84. The zero-order valence-corrected chi connectivity index (χ0v) is 18.7. The Labute approximate surface area is 197 Å². The summed E-state index contributed by atoms with van der Waals surface area (Å²) in [5.74, 6) is -0.527. The molecular weight excluding hydrogens is 426 g/mol. The van der Waals surface area contributed by atoms with Crippen LogP contribution in [0.1, 0.15) is 22.3 Å². The number of aryl methyl sites for hydroxylation is 1. The highest BCUT2D eigenvalue weighted by atomic mass is 16.1. The van der Waals surface area contributed by atoms with Gasteiger partial charge in [-0.3, -0.25) is 14.0 Å². The van der Waals surface area contributed by atoms with E-state index in [0.717, 1.165) is 16.7 Å². The van der Waals surface area contributed by atoms with E-state index >= 15 is 0 Å². The Balaban J connectivity index is 1.99. The molecule has 0 saturated carbocycles. The number of amides is 1. The van der Waals surface area contributed by atoms with Crippen molar-refractivity contribution in [3.8, 4) is 6.07 Å².